The quantitative estimate of drug-likeness (QED) is 0.911. The highest BCUT2D eigenvalue weighted by molar-refractivity contribution is 7.99. The summed E-state index contributed by atoms with van der Waals surface area (Å²) in [5, 5.41) is 3.01. The van der Waals surface area contributed by atoms with Crippen LogP contribution < -0.4 is 11.1 Å². The number of hydrogen-bond donors (Lipinski definition) is 2. The van der Waals surface area contributed by atoms with Crippen molar-refractivity contribution in [2.24, 2.45) is 5.73 Å². The predicted molar refractivity (Wildman–Crippen MR) is 82.9 cm³/mol. The Morgan fingerprint density at radius 2 is 1.95 bits per heavy atom. The molecule has 1 atom stereocenters. The number of nitrogens with two attached hydrogens (primary N) is 1. The molecule has 20 heavy (non-hydrogen) atoms. The van der Waals surface area contributed by atoms with Gasteiger partial charge in [0.25, 0.3) is 0 Å². The molecule has 1 unspecified atom stereocenters. The fraction of sp³-hybridized carbons (Fsp3) is 0.188. The third-order valence-electron chi connectivity index (χ3n) is 3.51. The second kappa shape index (κ2) is 5.69. The molecular weight excluding hydrogens is 268 g/mol. The summed E-state index contributed by atoms with van der Waals surface area (Å²) >= 11 is 1.74. The number of rotatable bonds is 3. The number of fused-ring (bicyclic) bond motifs is 1. The Bertz CT molecular complexity index is 642. The Labute approximate surface area is 122 Å². The van der Waals surface area contributed by atoms with Gasteiger partial charge in [-0.1, -0.05) is 36.4 Å². The largest absolute Gasteiger partial charge is 0.326 e. The standard InChI is InChI=1S/C16H16N2OS/c17-9-11-5-1-3-7-14(11)18-16(19)13-10-20-15-8-4-2-6-12(13)15/h1-8,13H,9-10,17H2,(H,18,19). The van der Waals surface area contributed by atoms with Crippen LogP contribution in [0.2, 0.25) is 0 Å². The Balaban J connectivity index is 1.81. The maximum atomic E-state index is 12.5. The average Bonchev–Trinajstić information content (AvgIpc) is 2.92. The van der Waals surface area contributed by atoms with Crippen LogP contribution in [0, 0.1) is 0 Å². The van der Waals surface area contributed by atoms with Gasteiger partial charge in [-0.15, -0.1) is 11.8 Å². The van der Waals surface area contributed by atoms with Gasteiger partial charge in [0.1, 0.15) is 0 Å². The van der Waals surface area contributed by atoms with Crippen molar-refractivity contribution in [2.75, 3.05) is 11.1 Å². The van der Waals surface area contributed by atoms with Crippen molar-refractivity contribution in [2.45, 2.75) is 17.4 Å². The minimum atomic E-state index is -0.0815. The summed E-state index contributed by atoms with van der Waals surface area (Å²) in [6, 6.07) is 15.8. The normalized spacial score (nSPS) is 16.8. The van der Waals surface area contributed by atoms with E-state index in [1.54, 1.807) is 11.8 Å². The molecule has 1 aliphatic heterocycles. The number of benzene rings is 2. The molecule has 1 heterocycles. The molecule has 0 bridgehead atoms. The Hall–Kier alpha value is -1.78. The topological polar surface area (TPSA) is 55.1 Å². The van der Waals surface area contributed by atoms with Gasteiger partial charge in [-0.2, -0.15) is 0 Å². The lowest BCUT2D eigenvalue weighted by Crippen LogP contribution is -2.22. The van der Waals surface area contributed by atoms with E-state index in [0.29, 0.717) is 6.54 Å². The van der Waals surface area contributed by atoms with Crippen molar-refractivity contribution >= 4 is 23.4 Å². The summed E-state index contributed by atoms with van der Waals surface area (Å²) in [7, 11) is 0. The van der Waals surface area contributed by atoms with Crippen LogP contribution in [0.3, 0.4) is 0 Å². The van der Waals surface area contributed by atoms with E-state index in [2.05, 4.69) is 11.4 Å². The summed E-state index contributed by atoms with van der Waals surface area (Å²) in [5.74, 6) is 0.765. The van der Waals surface area contributed by atoms with Crippen LogP contribution in [-0.2, 0) is 11.3 Å². The number of carbonyl (C=O) groups excluding carboxylic acids is 1. The number of thioether (sulfide) groups is 1. The second-order valence-corrected chi connectivity index (χ2v) is 5.81. The van der Waals surface area contributed by atoms with Crippen LogP contribution in [-0.4, -0.2) is 11.7 Å². The maximum absolute atomic E-state index is 12.5. The maximum Gasteiger partial charge on any atom is 0.232 e. The molecule has 0 spiro atoms. The average molecular weight is 284 g/mol. The van der Waals surface area contributed by atoms with Gasteiger partial charge < -0.3 is 11.1 Å². The zero-order valence-electron chi connectivity index (χ0n) is 11.0. The van der Waals surface area contributed by atoms with Crippen molar-refractivity contribution in [3.8, 4) is 0 Å². The third kappa shape index (κ3) is 2.44. The molecule has 4 heteroatoms. The Kier molecular flexibility index (Phi) is 3.76. The first-order chi connectivity index (χ1) is 9.79. The molecule has 0 fully saturated rings. The van der Waals surface area contributed by atoms with E-state index in [-0.39, 0.29) is 11.8 Å². The highest BCUT2D eigenvalue weighted by atomic mass is 32.2. The summed E-state index contributed by atoms with van der Waals surface area (Å²) in [6.45, 7) is 0.423. The van der Waals surface area contributed by atoms with Gasteiger partial charge in [0.05, 0.1) is 5.92 Å². The number of anilines is 1. The van der Waals surface area contributed by atoms with E-state index in [0.717, 1.165) is 22.6 Å². The molecule has 0 aliphatic carbocycles. The summed E-state index contributed by atoms with van der Waals surface area (Å²) < 4.78 is 0. The molecular formula is C16H16N2OS. The van der Waals surface area contributed by atoms with Crippen molar-refractivity contribution < 1.29 is 4.79 Å². The lowest BCUT2D eigenvalue weighted by molar-refractivity contribution is -0.117. The van der Waals surface area contributed by atoms with Gasteiger partial charge in [-0.05, 0) is 23.3 Å². The van der Waals surface area contributed by atoms with Gasteiger partial charge in [0.15, 0.2) is 0 Å². The number of nitrogens with one attached hydrogen (secondary N) is 1. The molecule has 0 aromatic heterocycles. The molecule has 0 saturated carbocycles. The monoisotopic (exact) mass is 284 g/mol. The van der Waals surface area contributed by atoms with Crippen LogP contribution >= 0.6 is 11.8 Å². The van der Waals surface area contributed by atoms with Crippen LogP contribution in [0.5, 0.6) is 0 Å². The second-order valence-electron chi connectivity index (χ2n) is 4.75. The van der Waals surface area contributed by atoms with Gasteiger partial charge >= 0.3 is 0 Å². The number of hydrogen-bond acceptors (Lipinski definition) is 3. The number of para-hydroxylation sites is 1. The highest BCUT2D eigenvalue weighted by Gasteiger charge is 2.29. The van der Waals surface area contributed by atoms with Crippen molar-refractivity contribution in [3.05, 3.63) is 59.7 Å². The number of carbonyl (C=O) groups is 1. The van der Waals surface area contributed by atoms with E-state index in [1.165, 1.54) is 4.90 Å². The smallest absolute Gasteiger partial charge is 0.232 e. The van der Waals surface area contributed by atoms with Crippen LogP contribution in [0.4, 0.5) is 5.69 Å². The van der Waals surface area contributed by atoms with Crippen molar-refractivity contribution in [1.82, 2.24) is 0 Å². The minimum Gasteiger partial charge on any atom is -0.326 e. The van der Waals surface area contributed by atoms with E-state index < -0.39 is 0 Å². The van der Waals surface area contributed by atoms with Crippen LogP contribution in [0.1, 0.15) is 17.0 Å². The highest BCUT2D eigenvalue weighted by Crippen LogP contribution is 2.39. The Morgan fingerprint density at radius 1 is 1.20 bits per heavy atom. The van der Waals surface area contributed by atoms with E-state index >= 15 is 0 Å². The molecule has 102 valence electrons. The van der Waals surface area contributed by atoms with Crippen LogP contribution in [0.25, 0.3) is 0 Å². The molecule has 3 rings (SSSR count). The van der Waals surface area contributed by atoms with Gasteiger partial charge in [-0.3, -0.25) is 4.79 Å². The molecule has 2 aromatic carbocycles. The molecule has 0 radical (unpaired) electrons. The molecule has 1 amide bonds. The third-order valence-corrected chi connectivity index (χ3v) is 4.69. The van der Waals surface area contributed by atoms with Crippen LogP contribution in [0.15, 0.2) is 53.4 Å². The molecule has 3 N–H and O–H groups in total. The van der Waals surface area contributed by atoms with Crippen molar-refractivity contribution in [1.29, 1.82) is 0 Å². The van der Waals surface area contributed by atoms with E-state index in [4.69, 9.17) is 5.73 Å². The minimum absolute atomic E-state index is 0.0448. The fourth-order valence-corrected chi connectivity index (χ4v) is 3.65. The molecule has 1 aliphatic rings. The zero-order chi connectivity index (χ0) is 13.9. The Morgan fingerprint density at radius 3 is 2.80 bits per heavy atom. The molecule has 2 aromatic rings. The molecule has 0 saturated heterocycles. The van der Waals surface area contributed by atoms with E-state index in [1.807, 2.05) is 42.5 Å². The fourth-order valence-electron chi connectivity index (χ4n) is 2.42. The summed E-state index contributed by atoms with van der Waals surface area (Å²) in [4.78, 5) is 13.7. The van der Waals surface area contributed by atoms with Gasteiger partial charge in [-0.25, -0.2) is 0 Å². The first-order valence-corrected chi connectivity index (χ1v) is 7.58. The lowest BCUT2D eigenvalue weighted by atomic mass is 10.0. The van der Waals surface area contributed by atoms with Gasteiger partial charge in [0.2, 0.25) is 5.91 Å². The van der Waals surface area contributed by atoms with Crippen molar-refractivity contribution in [3.63, 3.8) is 0 Å². The van der Waals surface area contributed by atoms with Gasteiger partial charge in [0, 0.05) is 22.9 Å². The first-order valence-electron chi connectivity index (χ1n) is 6.60. The summed E-state index contributed by atoms with van der Waals surface area (Å²) in [6.07, 6.45) is 0. The SMILES string of the molecule is NCc1ccccc1NC(=O)C1CSc2ccccc21. The number of amides is 1. The lowest BCUT2D eigenvalue weighted by Gasteiger charge is -2.14. The molecule has 3 nitrogen and oxygen atoms in total. The predicted octanol–water partition coefficient (Wildman–Crippen LogP) is 2.97. The zero-order valence-corrected chi connectivity index (χ0v) is 11.8. The van der Waals surface area contributed by atoms with E-state index in [9.17, 15) is 4.79 Å². The first kappa shape index (κ1) is 13.2. The summed E-state index contributed by atoms with van der Waals surface area (Å²) in [5.41, 5.74) is 8.60.